The van der Waals surface area contributed by atoms with Gasteiger partial charge in [0.15, 0.2) is 0 Å². The van der Waals surface area contributed by atoms with Crippen LogP contribution in [0.2, 0.25) is 0 Å². The summed E-state index contributed by atoms with van der Waals surface area (Å²) in [6, 6.07) is 1.50. The molecular formula is C12H13FN2O5. The summed E-state index contributed by atoms with van der Waals surface area (Å²) in [6.45, 7) is 1.05. The number of carbonyl (C=O) groups is 1. The second kappa shape index (κ2) is 5.83. The molecule has 7 nitrogen and oxygen atoms in total. The molecule has 1 aliphatic heterocycles. The fraction of sp³-hybridized carbons (Fsp3) is 0.417. The Labute approximate surface area is 113 Å². The molecule has 1 atom stereocenters. The summed E-state index contributed by atoms with van der Waals surface area (Å²) in [6.07, 6.45) is 1.88. The van der Waals surface area contributed by atoms with Crippen molar-refractivity contribution in [1.29, 1.82) is 0 Å². The van der Waals surface area contributed by atoms with Gasteiger partial charge in [0.2, 0.25) is 5.82 Å². The molecule has 1 aromatic rings. The van der Waals surface area contributed by atoms with Crippen molar-refractivity contribution in [2.75, 3.05) is 13.2 Å². The molecule has 0 unspecified atom stereocenters. The Morgan fingerprint density at radius 1 is 1.60 bits per heavy atom. The van der Waals surface area contributed by atoms with Crippen molar-refractivity contribution in [3.8, 4) is 5.75 Å². The standard InChI is InChI=1S/C12H13FN2O5/c13-9-5-11(20-6-7-2-1-3-14-7)8(12(16)17)4-10(9)15(18)19/h4-5,7,14H,1-3,6H2,(H,16,17)/t7-/m0/s1. The number of nitrogens with zero attached hydrogens (tertiary/aromatic N) is 1. The number of nitro groups is 1. The predicted octanol–water partition coefficient (Wildman–Crippen LogP) is 1.56. The highest BCUT2D eigenvalue weighted by molar-refractivity contribution is 5.91. The van der Waals surface area contributed by atoms with Crippen LogP contribution >= 0.6 is 0 Å². The van der Waals surface area contributed by atoms with Gasteiger partial charge in [-0.25, -0.2) is 4.79 Å². The van der Waals surface area contributed by atoms with Gasteiger partial charge < -0.3 is 15.2 Å². The number of hydrogen-bond donors (Lipinski definition) is 2. The molecule has 108 valence electrons. The highest BCUT2D eigenvalue weighted by Gasteiger charge is 2.24. The molecule has 0 bridgehead atoms. The second-order valence-corrected chi connectivity index (χ2v) is 4.47. The lowest BCUT2D eigenvalue weighted by Gasteiger charge is -2.13. The lowest BCUT2D eigenvalue weighted by molar-refractivity contribution is -0.387. The van der Waals surface area contributed by atoms with E-state index in [9.17, 15) is 19.3 Å². The lowest BCUT2D eigenvalue weighted by atomic mass is 10.1. The molecule has 2 N–H and O–H groups in total. The smallest absolute Gasteiger partial charge is 0.339 e. The lowest BCUT2D eigenvalue weighted by Crippen LogP contribution is -2.28. The molecule has 1 saturated heterocycles. The fourth-order valence-corrected chi connectivity index (χ4v) is 2.06. The minimum atomic E-state index is -1.40. The summed E-state index contributed by atoms with van der Waals surface area (Å²) < 4.78 is 18.8. The van der Waals surface area contributed by atoms with Crippen LogP contribution in [0.25, 0.3) is 0 Å². The third-order valence-corrected chi connectivity index (χ3v) is 3.08. The van der Waals surface area contributed by atoms with Crippen LogP contribution in [0, 0.1) is 15.9 Å². The highest BCUT2D eigenvalue weighted by atomic mass is 19.1. The van der Waals surface area contributed by atoms with E-state index in [4.69, 9.17) is 9.84 Å². The van der Waals surface area contributed by atoms with Crippen LogP contribution in [0.1, 0.15) is 23.2 Å². The van der Waals surface area contributed by atoms with Crippen molar-refractivity contribution in [2.45, 2.75) is 18.9 Å². The van der Waals surface area contributed by atoms with Gasteiger partial charge in [-0.2, -0.15) is 4.39 Å². The minimum absolute atomic E-state index is 0.0786. The normalized spacial score (nSPS) is 17.9. The zero-order valence-corrected chi connectivity index (χ0v) is 10.5. The Kier molecular flexibility index (Phi) is 4.14. The molecular weight excluding hydrogens is 271 g/mol. The van der Waals surface area contributed by atoms with E-state index >= 15 is 0 Å². The van der Waals surface area contributed by atoms with Crippen molar-refractivity contribution in [3.63, 3.8) is 0 Å². The molecule has 0 aromatic heterocycles. The minimum Gasteiger partial charge on any atom is -0.491 e. The SMILES string of the molecule is O=C(O)c1cc([N+](=O)[O-])c(F)cc1OC[C@@H]1CCCN1. The van der Waals surface area contributed by atoms with E-state index in [1.54, 1.807) is 0 Å². The number of nitro benzene ring substituents is 1. The van der Waals surface area contributed by atoms with Gasteiger partial charge in [0.25, 0.3) is 0 Å². The van der Waals surface area contributed by atoms with E-state index in [1.807, 2.05) is 0 Å². The Morgan fingerprint density at radius 2 is 2.35 bits per heavy atom. The molecule has 1 aliphatic rings. The molecule has 1 aromatic carbocycles. The number of carboxylic acid groups (broad SMARTS) is 1. The number of rotatable bonds is 5. The third-order valence-electron chi connectivity index (χ3n) is 3.08. The molecule has 0 spiro atoms. The molecule has 0 saturated carbocycles. The molecule has 1 heterocycles. The summed E-state index contributed by atoms with van der Waals surface area (Å²) in [4.78, 5) is 20.7. The van der Waals surface area contributed by atoms with Crippen molar-refractivity contribution in [2.24, 2.45) is 0 Å². The topological polar surface area (TPSA) is 102 Å². The maximum absolute atomic E-state index is 13.5. The number of benzene rings is 1. The first-order valence-electron chi connectivity index (χ1n) is 6.06. The van der Waals surface area contributed by atoms with Crippen LogP contribution in [-0.4, -0.2) is 35.2 Å². The first-order valence-corrected chi connectivity index (χ1v) is 6.06. The van der Waals surface area contributed by atoms with E-state index < -0.39 is 28.0 Å². The van der Waals surface area contributed by atoms with Crippen LogP contribution in [0.3, 0.4) is 0 Å². The summed E-state index contributed by atoms with van der Waals surface area (Å²) >= 11 is 0. The maximum atomic E-state index is 13.5. The van der Waals surface area contributed by atoms with Gasteiger partial charge in [0, 0.05) is 18.2 Å². The van der Waals surface area contributed by atoms with Crippen molar-refractivity contribution < 1.29 is 24.0 Å². The average molecular weight is 284 g/mol. The van der Waals surface area contributed by atoms with E-state index in [0.29, 0.717) is 6.07 Å². The average Bonchev–Trinajstić information content (AvgIpc) is 2.88. The Morgan fingerprint density at radius 3 is 2.90 bits per heavy atom. The molecule has 0 aliphatic carbocycles. The van der Waals surface area contributed by atoms with Crippen LogP contribution in [-0.2, 0) is 0 Å². The first-order chi connectivity index (χ1) is 9.49. The van der Waals surface area contributed by atoms with Gasteiger partial charge in [0.05, 0.1) is 4.92 Å². The number of nitrogens with one attached hydrogen (secondary N) is 1. The number of ether oxygens (including phenoxy) is 1. The summed E-state index contributed by atoms with van der Waals surface area (Å²) in [5, 5.41) is 22.8. The number of aromatic carboxylic acids is 1. The molecule has 8 heteroatoms. The molecule has 20 heavy (non-hydrogen) atoms. The monoisotopic (exact) mass is 284 g/mol. The van der Waals surface area contributed by atoms with E-state index in [-0.39, 0.29) is 18.4 Å². The van der Waals surface area contributed by atoms with E-state index in [2.05, 4.69) is 5.32 Å². The number of carboxylic acids is 1. The zero-order valence-electron chi connectivity index (χ0n) is 10.5. The largest absolute Gasteiger partial charge is 0.491 e. The molecule has 0 radical (unpaired) electrons. The summed E-state index contributed by atoms with van der Waals surface area (Å²) in [5.74, 6) is -2.72. The van der Waals surface area contributed by atoms with Crippen LogP contribution < -0.4 is 10.1 Å². The van der Waals surface area contributed by atoms with Gasteiger partial charge in [-0.15, -0.1) is 0 Å². The Balaban J connectivity index is 2.23. The molecule has 2 rings (SSSR count). The summed E-state index contributed by atoms with van der Waals surface area (Å²) in [7, 11) is 0. The molecule has 1 fully saturated rings. The fourth-order valence-electron chi connectivity index (χ4n) is 2.06. The van der Waals surface area contributed by atoms with Gasteiger partial charge in [0.1, 0.15) is 17.9 Å². The number of hydrogen-bond acceptors (Lipinski definition) is 5. The van der Waals surface area contributed by atoms with Gasteiger partial charge in [-0.3, -0.25) is 10.1 Å². The summed E-state index contributed by atoms with van der Waals surface area (Å²) in [5.41, 5.74) is -1.30. The maximum Gasteiger partial charge on any atom is 0.339 e. The van der Waals surface area contributed by atoms with Crippen LogP contribution in [0.5, 0.6) is 5.75 Å². The third kappa shape index (κ3) is 3.02. The van der Waals surface area contributed by atoms with Gasteiger partial charge >= 0.3 is 11.7 Å². The van der Waals surface area contributed by atoms with Crippen molar-refractivity contribution in [1.82, 2.24) is 5.32 Å². The zero-order chi connectivity index (χ0) is 14.7. The van der Waals surface area contributed by atoms with Gasteiger partial charge in [-0.05, 0) is 19.4 Å². The van der Waals surface area contributed by atoms with E-state index in [0.717, 1.165) is 25.5 Å². The highest BCUT2D eigenvalue weighted by Crippen LogP contribution is 2.28. The quantitative estimate of drug-likeness (QED) is 0.628. The number of halogens is 1. The Hall–Kier alpha value is -2.22. The van der Waals surface area contributed by atoms with Gasteiger partial charge in [-0.1, -0.05) is 0 Å². The Bertz CT molecular complexity index is 543. The molecule has 0 amide bonds. The van der Waals surface area contributed by atoms with E-state index in [1.165, 1.54) is 0 Å². The predicted molar refractivity (Wildman–Crippen MR) is 66.5 cm³/mol. The first kappa shape index (κ1) is 14.2. The van der Waals surface area contributed by atoms with Crippen LogP contribution in [0.15, 0.2) is 12.1 Å². The van der Waals surface area contributed by atoms with Crippen molar-refractivity contribution >= 4 is 11.7 Å². The van der Waals surface area contributed by atoms with Crippen LogP contribution in [0.4, 0.5) is 10.1 Å². The second-order valence-electron chi connectivity index (χ2n) is 4.47. The van der Waals surface area contributed by atoms with Crippen molar-refractivity contribution in [3.05, 3.63) is 33.6 Å².